The van der Waals surface area contributed by atoms with E-state index in [2.05, 4.69) is 0 Å². The van der Waals surface area contributed by atoms with Gasteiger partial charge < -0.3 is 24.4 Å². The molecule has 4 atom stereocenters. The molecule has 210 valence electrons. The lowest BCUT2D eigenvalue weighted by atomic mass is 9.82. The number of hydrogen-bond acceptors (Lipinski definition) is 5. The van der Waals surface area contributed by atoms with Crippen LogP contribution >= 0.6 is 11.6 Å². The van der Waals surface area contributed by atoms with E-state index in [-0.39, 0.29) is 29.9 Å². The van der Waals surface area contributed by atoms with Crippen molar-refractivity contribution in [3.05, 3.63) is 58.6 Å². The Bertz CT molecular complexity index is 1230. The lowest BCUT2D eigenvalue weighted by Crippen LogP contribution is -2.46. The average Bonchev–Trinajstić information content (AvgIpc) is 3.29. The molecule has 2 fully saturated rings. The maximum absolute atomic E-state index is 14.3. The topological polar surface area (TPSA) is 90.3 Å². The Hall–Kier alpha value is -2.23. The summed E-state index contributed by atoms with van der Waals surface area (Å²) in [5.74, 6) is -0.297. The monoisotopic (exact) mass is 570 g/mol. The number of benzene rings is 2. The zero-order chi connectivity index (χ0) is 27.9. The van der Waals surface area contributed by atoms with Crippen LogP contribution in [-0.2, 0) is 26.5 Å². The van der Waals surface area contributed by atoms with Crippen LogP contribution in [0.4, 0.5) is 11.4 Å². The molecule has 0 bridgehead atoms. The van der Waals surface area contributed by atoms with Crippen LogP contribution in [0.1, 0.15) is 56.6 Å². The summed E-state index contributed by atoms with van der Waals surface area (Å²) in [5, 5.41) is 10.3. The third kappa shape index (κ3) is 5.06. The molecule has 39 heavy (non-hydrogen) atoms. The summed E-state index contributed by atoms with van der Waals surface area (Å²) >= 11 is 6.44. The highest BCUT2D eigenvalue weighted by Crippen LogP contribution is 2.60. The summed E-state index contributed by atoms with van der Waals surface area (Å²) in [5.41, 5.74) is 1.80. The van der Waals surface area contributed by atoms with E-state index in [0.29, 0.717) is 24.4 Å². The summed E-state index contributed by atoms with van der Waals surface area (Å²) in [6, 6.07) is 13.4. The number of aliphatic hydroxyl groups is 1. The van der Waals surface area contributed by atoms with E-state index in [0.717, 1.165) is 54.7 Å². The zero-order valence-electron chi connectivity index (χ0n) is 23.0. The third-order valence-corrected chi connectivity index (χ3v) is 11.5. The Labute approximate surface area is 236 Å². The molecular formula is C30H39ClN2O5Si. The maximum Gasteiger partial charge on any atom is 0.264 e. The Morgan fingerprint density at radius 2 is 1.79 bits per heavy atom. The van der Waals surface area contributed by atoms with Gasteiger partial charge in [-0.25, -0.2) is 0 Å². The minimum atomic E-state index is -2.75. The summed E-state index contributed by atoms with van der Waals surface area (Å²) in [4.78, 5) is 41.9. The Morgan fingerprint density at radius 3 is 2.49 bits per heavy atom. The van der Waals surface area contributed by atoms with Crippen LogP contribution in [0.15, 0.2) is 42.5 Å². The second kappa shape index (κ2) is 11.0. The molecule has 0 aromatic heterocycles. The smallest absolute Gasteiger partial charge is 0.264 e. The van der Waals surface area contributed by atoms with Crippen LogP contribution in [0.25, 0.3) is 0 Å². The van der Waals surface area contributed by atoms with Crippen molar-refractivity contribution in [2.24, 2.45) is 5.92 Å². The summed E-state index contributed by atoms with van der Waals surface area (Å²) in [7, 11) is -2.75. The van der Waals surface area contributed by atoms with Crippen molar-refractivity contribution < 1.29 is 24.2 Å². The van der Waals surface area contributed by atoms with Gasteiger partial charge in [0.1, 0.15) is 0 Å². The molecule has 1 spiro atoms. The van der Waals surface area contributed by atoms with E-state index in [4.69, 9.17) is 16.3 Å². The molecule has 3 aliphatic rings. The van der Waals surface area contributed by atoms with Crippen LogP contribution in [0.2, 0.25) is 23.7 Å². The van der Waals surface area contributed by atoms with Crippen LogP contribution in [0, 0.1) is 5.92 Å². The van der Waals surface area contributed by atoms with Gasteiger partial charge >= 0.3 is 0 Å². The van der Waals surface area contributed by atoms with E-state index >= 15 is 0 Å². The van der Waals surface area contributed by atoms with Gasteiger partial charge in [0, 0.05) is 47.3 Å². The normalized spacial score (nSPS) is 27.7. The van der Waals surface area contributed by atoms with Crippen LogP contribution < -0.4 is 9.80 Å². The van der Waals surface area contributed by atoms with Crippen molar-refractivity contribution in [2.45, 2.75) is 82.3 Å². The zero-order valence-corrected chi connectivity index (χ0v) is 24.8. The number of ether oxygens (including phenoxy) is 1. The van der Waals surface area contributed by atoms with Crippen molar-refractivity contribution in [3.8, 4) is 0 Å². The Morgan fingerprint density at radius 1 is 1.08 bits per heavy atom. The lowest BCUT2D eigenvalue weighted by molar-refractivity contribution is -0.146. The van der Waals surface area contributed by atoms with E-state index in [9.17, 15) is 19.5 Å². The number of rotatable bonds is 6. The largest absolute Gasteiger partial charge is 0.432 e. The summed E-state index contributed by atoms with van der Waals surface area (Å²) in [6.07, 6.45) is 4.69. The van der Waals surface area contributed by atoms with Crippen molar-refractivity contribution >= 4 is 43.1 Å². The highest BCUT2D eigenvalue weighted by atomic mass is 35.5. The molecule has 9 heteroatoms. The molecule has 2 amide bonds. The van der Waals surface area contributed by atoms with Gasteiger partial charge in [-0.15, -0.1) is 0 Å². The first kappa shape index (κ1) is 28.3. The molecule has 3 heterocycles. The van der Waals surface area contributed by atoms with E-state index < -0.39 is 20.0 Å². The van der Waals surface area contributed by atoms with Crippen molar-refractivity contribution in [3.63, 3.8) is 0 Å². The highest BCUT2D eigenvalue weighted by molar-refractivity contribution is 6.71. The average molecular weight is 571 g/mol. The molecule has 2 aromatic rings. The number of aliphatic hydroxyl groups excluding tert-OH is 1. The second-order valence-electron chi connectivity index (χ2n) is 11.8. The number of halogens is 1. The summed E-state index contributed by atoms with van der Waals surface area (Å²) < 4.78 is 6.62. The number of fused-ring (bicyclic) bond motifs is 2. The van der Waals surface area contributed by atoms with E-state index in [1.54, 1.807) is 11.0 Å². The number of nitrogens with zero attached hydrogens (tertiary/aromatic N) is 2. The molecule has 0 aliphatic carbocycles. The minimum absolute atomic E-state index is 0.0827. The number of carbonyl (C=O) groups excluding carboxylic acids is 2. The second-order valence-corrected chi connectivity index (χ2v) is 16.2. The fraction of sp³-hybridized carbons (Fsp3) is 0.533. The Kier molecular flexibility index (Phi) is 7.96. The summed E-state index contributed by atoms with van der Waals surface area (Å²) in [6.45, 7) is 6.71. The third-order valence-electron chi connectivity index (χ3n) is 8.77. The van der Waals surface area contributed by atoms with Crippen LogP contribution in [0.5, 0.6) is 0 Å². The molecular weight excluding hydrogens is 532 g/mol. The molecule has 2 N–H and O–H groups in total. The van der Waals surface area contributed by atoms with Gasteiger partial charge in [0.15, 0.2) is 13.9 Å². The molecule has 5 rings (SSSR count). The standard InChI is InChI=1S/C30H39ClN2O5Si/c1-20-28(39(2,3)37)26(15-17-34)38-30(20)24-18-22(31)11-14-25(24)33(29(30)36)19-21-9-12-23(13-10-21)32-16-7-5-4-6-8-27(32)35/h9-14,18,20,26,28,34,37H,4-8,15-17,19H2,1-3H3/t20-,26+,28-,30+/m1/s1. The van der Waals surface area contributed by atoms with Crippen molar-refractivity contribution in [2.75, 3.05) is 23.0 Å². The predicted octanol–water partition coefficient (Wildman–Crippen LogP) is 5.36. The Balaban J connectivity index is 1.46. The first-order chi connectivity index (χ1) is 18.6. The van der Waals surface area contributed by atoms with Gasteiger partial charge in [-0.2, -0.15) is 0 Å². The SMILES string of the molecule is C[C@@H]1[C@@H]([Si](C)(C)O)[C@H](CCO)O[C@@]12C(=O)N(Cc1ccc(N3CCCCCCC3=O)cc1)c1ccc(Cl)cc12. The van der Waals surface area contributed by atoms with Crippen molar-refractivity contribution in [1.29, 1.82) is 0 Å². The minimum Gasteiger partial charge on any atom is -0.432 e. The van der Waals surface area contributed by atoms with E-state index in [1.807, 2.05) is 61.3 Å². The predicted molar refractivity (Wildman–Crippen MR) is 155 cm³/mol. The molecule has 0 radical (unpaired) electrons. The van der Waals surface area contributed by atoms with Gasteiger partial charge in [-0.3, -0.25) is 9.59 Å². The van der Waals surface area contributed by atoms with Crippen LogP contribution in [-0.4, -0.2) is 49.3 Å². The van der Waals surface area contributed by atoms with Gasteiger partial charge in [0.05, 0.1) is 18.3 Å². The number of anilines is 2. The van der Waals surface area contributed by atoms with Gasteiger partial charge in [-0.1, -0.05) is 43.5 Å². The number of carbonyl (C=O) groups is 2. The van der Waals surface area contributed by atoms with Crippen LogP contribution in [0.3, 0.4) is 0 Å². The molecule has 7 nitrogen and oxygen atoms in total. The fourth-order valence-electron chi connectivity index (χ4n) is 7.00. The van der Waals surface area contributed by atoms with Gasteiger partial charge in [0.2, 0.25) is 5.91 Å². The number of hydrogen-bond donors (Lipinski definition) is 2. The van der Waals surface area contributed by atoms with Gasteiger partial charge in [-0.05, 0) is 68.3 Å². The quantitative estimate of drug-likeness (QED) is 0.456. The fourth-order valence-corrected chi connectivity index (χ4v) is 9.78. The van der Waals surface area contributed by atoms with Crippen molar-refractivity contribution in [1.82, 2.24) is 0 Å². The van der Waals surface area contributed by atoms with Gasteiger partial charge in [0.25, 0.3) is 5.91 Å². The molecule has 2 saturated heterocycles. The first-order valence-corrected chi connectivity index (χ1v) is 17.5. The molecule has 0 unspecified atom stereocenters. The van der Waals surface area contributed by atoms with E-state index in [1.165, 1.54) is 0 Å². The molecule has 0 saturated carbocycles. The first-order valence-electron chi connectivity index (χ1n) is 14.1. The molecule has 3 aliphatic heterocycles. The molecule has 2 aromatic carbocycles. The maximum atomic E-state index is 14.3. The lowest BCUT2D eigenvalue weighted by Gasteiger charge is -2.32. The highest BCUT2D eigenvalue weighted by Gasteiger charge is 2.66. The number of amides is 2.